The predicted octanol–water partition coefficient (Wildman–Crippen LogP) is 0.233. The van der Waals surface area contributed by atoms with E-state index in [1.807, 2.05) is 0 Å². The van der Waals surface area contributed by atoms with Gasteiger partial charge in [-0.05, 0) is 25.3 Å². The van der Waals surface area contributed by atoms with Crippen molar-refractivity contribution in [2.45, 2.75) is 26.7 Å². The topological polar surface area (TPSA) is 70.7 Å². The molecule has 1 aliphatic rings. The summed E-state index contributed by atoms with van der Waals surface area (Å²) in [4.78, 5) is 26.1. The minimum atomic E-state index is -0.370. The molecule has 1 fully saturated rings. The molecule has 0 aromatic heterocycles. The molecule has 2 N–H and O–H groups in total. The third-order valence-electron chi connectivity index (χ3n) is 4.29. The number of likely N-dealkylation sites (N-methyl/N-ethyl adjacent to an activating group) is 1. The van der Waals surface area contributed by atoms with E-state index in [0.717, 1.165) is 19.4 Å². The molecule has 1 unspecified atom stereocenters. The first-order valence-electron chi connectivity index (χ1n) is 7.66. The fourth-order valence-corrected chi connectivity index (χ4v) is 2.80. The molecule has 6 heteroatoms. The zero-order valence-electron chi connectivity index (χ0n) is 13.7. The third kappa shape index (κ3) is 4.68. The van der Waals surface area contributed by atoms with Crippen molar-refractivity contribution in [2.75, 3.05) is 46.9 Å². The predicted molar refractivity (Wildman–Crippen MR) is 81.9 cm³/mol. The summed E-state index contributed by atoms with van der Waals surface area (Å²) >= 11 is 0. The van der Waals surface area contributed by atoms with Gasteiger partial charge in [0.25, 0.3) is 0 Å². The van der Waals surface area contributed by atoms with Crippen molar-refractivity contribution in [1.82, 2.24) is 15.5 Å². The number of carbonyl (C=O) groups is 2. The molecule has 2 amide bonds. The molecule has 1 saturated heterocycles. The molecule has 1 rings (SSSR count). The van der Waals surface area contributed by atoms with Gasteiger partial charge in [-0.3, -0.25) is 9.59 Å². The van der Waals surface area contributed by atoms with E-state index in [-0.39, 0.29) is 29.7 Å². The van der Waals surface area contributed by atoms with Gasteiger partial charge in [0.15, 0.2) is 0 Å². The van der Waals surface area contributed by atoms with E-state index in [4.69, 9.17) is 4.74 Å². The van der Waals surface area contributed by atoms with Gasteiger partial charge in [0.1, 0.15) is 0 Å². The maximum absolute atomic E-state index is 12.7. The van der Waals surface area contributed by atoms with Crippen molar-refractivity contribution in [3.8, 4) is 0 Å². The van der Waals surface area contributed by atoms with Gasteiger partial charge >= 0.3 is 0 Å². The average Bonchev–Trinajstić information content (AvgIpc) is 2.93. The number of methoxy groups -OCH3 is 1. The van der Waals surface area contributed by atoms with Crippen molar-refractivity contribution in [1.29, 1.82) is 0 Å². The second-order valence-electron chi connectivity index (χ2n) is 6.10. The van der Waals surface area contributed by atoms with E-state index in [2.05, 4.69) is 24.5 Å². The minimum Gasteiger partial charge on any atom is -0.385 e. The summed E-state index contributed by atoms with van der Waals surface area (Å²) in [5, 5.41) is 6.08. The van der Waals surface area contributed by atoms with E-state index in [1.165, 1.54) is 0 Å². The van der Waals surface area contributed by atoms with Crippen LogP contribution in [0.2, 0.25) is 0 Å². The Kier molecular flexibility index (Phi) is 7.11. The van der Waals surface area contributed by atoms with Crippen LogP contribution in [-0.2, 0) is 14.3 Å². The molecule has 0 radical (unpaired) electrons. The molecule has 0 saturated carbocycles. The van der Waals surface area contributed by atoms with Crippen LogP contribution in [0.5, 0.6) is 0 Å². The first kappa shape index (κ1) is 17.9. The van der Waals surface area contributed by atoms with Gasteiger partial charge in [0.05, 0.1) is 12.0 Å². The summed E-state index contributed by atoms with van der Waals surface area (Å²) in [6.07, 6.45) is 1.61. The highest BCUT2D eigenvalue weighted by molar-refractivity contribution is 5.88. The Morgan fingerprint density at radius 3 is 2.67 bits per heavy atom. The van der Waals surface area contributed by atoms with Crippen molar-refractivity contribution >= 4 is 11.8 Å². The van der Waals surface area contributed by atoms with Crippen molar-refractivity contribution < 1.29 is 14.3 Å². The van der Waals surface area contributed by atoms with Crippen LogP contribution in [0.4, 0.5) is 0 Å². The van der Waals surface area contributed by atoms with E-state index >= 15 is 0 Å². The Labute approximate surface area is 127 Å². The molecular formula is C15H29N3O3. The molecule has 0 spiro atoms. The molecular weight excluding hydrogens is 270 g/mol. The second-order valence-corrected chi connectivity index (χ2v) is 6.10. The smallest absolute Gasteiger partial charge is 0.239 e. The largest absolute Gasteiger partial charge is 0.385 e. The number of nitrogens with zero attached hydrogens (tertiary/aromatic N) is 1. The van der Waals surface area contributed by atoms with Gasteiger partial charge < -0.3 is 20.3 Å². The average molecular weight is 299 g/mol. The normalized spacial score (nSPS) is 21.6. The SMILES string of the molecule is COCCCNC(=O)CN(C)C(=O)C1(C(C)C)CCNC1. The molecule has 0 bridgehead atoms. The first-order valence-corrected chi connectivity index (χ1v) is 7.66. The third-order valence-corrected chi connectivity index (χ3v) is 4.29. The molecule has 0 aliphatic carbocycles. The quantitative estimate of drug-likeness (QED) is 0.630. The zero-order valence-corrected chi connectivity index (χ0v) is 13.7. The fourth-order valence-electron chi connectivity index (χ4n) is 2.80. The van der Waals surface area contributed by atoms with Gasteiger partial charge in [0, 0.05) is 33.9 Å². The summed E-state index contributed by atoms with van der Waals surface area (Å²) < 4.78 is 4.93. The Bertz CT molecular complexity index is 352. The van der Waals surface area contributed by atoms with Crippen molar-refractivity contribution in [3.05, 3.63) is 0 Å². The lowest BCUT2D eigenvalue weighted by atomic mass is 9.75. The molecule has 0 aromatic carbocycles. The summed E-state index contributed by atoms with van der Waals surface area (Å²) in [6, 6.07) is 0. The lowest BCUT2D eigenvalue weighted by Gasteiger charge is -2.34. The molecule has 21 heavy (non-hydrogen) atoms. The number of hydrogen-bond acceptors (Lipinski definition) is 4. The van der Waals surface area contributed by atoms with Crippen LogP contribution in [0.15, 0.2) is 0 Å². The Morgan fingerprint density at radius 1 is 1.43 bits per heavy atom. The number of ether oxygens (including phenoxy) is 1. The lowest BCUT2D eigenvalue weighted by molar-refractivity contribution is -0.145. The maximum Gasteiger partial charge on any atom is 0.239 e. The van der Waals surface area contributed by atoms with Gasteiger partial charge in [-0.25, -0.2) is 0 Å². The molecule has 1 aliphatic heterocycles. The minimum absolute atomic E-state index is 0.0644. The van der Waals surface area contributed by atoms with Crippen LogP contribution in [0, 0.1) is 11.3 Å². The maximum atomic E-state index is 12.7. The van der Waals surface area contributed by atoms with Crippen molar-refractivity contribution in [3.63, 3.8) is 0 Å². The van der Waals surface area contributed by atoms with Crippen LogP contribution < -0.4 is 10.6 Å². The number of rotatable bonds is 8. The summed E-state index contributed by atoms with van der Waals surface area (Å²) in [7, 11) is 3.34. The van der Waals surface area contributed by atoms with E-state index in [1.54, 1.807) is 19.1 Å². The van der Waals surface area contributed by atoms with Crippen LogP contribution in [0.25, 0.3) is 0 Å². The number of carbonyl (C=O) groups excluding carboxylic acids is 2. The van der Waals surface area contributed by atoms with E-state index in [0.29, 0.717) is 19.7 Å². The van der Waals surface area contributed by atoms with Crippen LogP contribution in [-0.4, -0.2) is 63.7 Å². The van der Waals surface area contributed by atoms with Gasteiger partial charge in [-0.15, -0.1) is 0 Å². The molecule has 0 aromatic rings. The number of nitrogens with one attached hydrogen (secondary N) is 2. The first-order chi connectivity index (χ1) is 9.94. The molecule has 6 nitrogen and oxygen atoms in total. The van der Waals surface area contributed by atoms with Gasteiger partial charge in [-0.2, -0.15) is 0 Å². The number of hydrogen-bond donors (Lipinski definition) is 2. The Morgan fingerprint density at radius 2 is 2.14 bits per heavy atom. The van der Waals surface area contributed by atoms with Gasteiger partial charge in [0.2, 0.25) is 11.8 Å². The van der Waals surface area contributed by atoms with E-state index < -0.39 is 0 Å². The Hall–Kier alpha value is -1.14. The lowest BCUT2D eigenvalue weighted by Crippen LogP contribution is -2.49. The molecule has 122 valence electrons. The second kappa shape index (κ2) is 8.34. The van der Waals surface area contributed by atoms with Gasteiger partial charge in [-0.1, -0.05) is 13.8 Å². The Balaban J connectivity index is 2.48. The summed E-state index contributed by atoms with van der Waals surface area (Å²) in [6.45, 7) is 7.01. The molecule has 1 heterocycles. The van der Waals surface area contributed by atoms with Crippen LogP contribution in [0.3, 0.4) is 0 Å². The van der Waals surface area contributed by atoms with E-state index in [9.17, 15) is 9.59 Å². The monoisotopic (exact) mass is 299 g/mol. The van der Waals surface area contributed by atoms with Crippen LogP contribution >= 0.6 is 0 Å². The summed E-state index contributed by atoms with van der Waals surface area (Å²) in [5.41, 5.74) is -0.370. The zero-order chi connectivity index (χ0) is 15.9. The highest BCUT2D eigenvalue weighted by Crippen LogP contribution is 2.35. The van der Waals surface area contributed by atoms with Crippen molar-refractivity contribution in [2.24, 2.45) is 11.3 Å². The van der Waals surface area contributed by atoms with Crippen LogP contribution in [0.1, 0.15) is 26.7 Å². The molecule has 1 atom stereocenters. The standard InChI is InChI=1S/C15H29N3O3/c1-12(2)15(6-8-16-11-15)14(20)18(3)10-13(19)17-7-5-9-21-4/h12,16H,5-11H2,1-4H3,(H,17,19). The summed E-state index contributed by atoms with van der Waals surface area (Å²) in [5.74, 6) is 0.202. The highest BCUT2D eigenvalue weighted by Gasteiger charge is 2.45. The fraction of sp³-hybridized carbons (Fsp3) is 0.867. The number of amides is 2. The highest BCUT2D eigenvalue weighted by atomic mass is 16.5.